The Bertz CT molecular complexity index is 2920. The Labute approximate surface area is 401 Å². The highest BCUT2D eigenvalue weighted by Crippen LogP contribution is 2.29. The fourth-order valence-corrected chi connectivity index (χ4v) is 8.71. The summed E-state index contributed by atoms with van der Waals surface area (Å²) < 4.78 is 0. The Hall–Kier alpha value is -7.12. The summed E-state index contributed by atoms with van der Waals surface area (Å²) in [5.41, 5.74) is 19.5. The zero-order valence-electron chi connectivity index (χ0n) is 38.9. The lowest BCUT2D eigenvalue weighted by Gasteiger charge is -2.16. The summed E-state index contributed by atoms with van der Waals surface area (Å²) >= 11 is 0. The van der Waals surface area contributed by atoms with E-state index in [1.54, 1.807) is 0 Å². The maximum Gasteiger partial charge on any atom is 0.212 e. The van der Waals surface area contributed by atoms with Crippen LogP contribution >= 0.6 is 0 Å². The van der Waals surface area contributed by atoms with Crippen molar-refractivity contribution in [2.45, 2.75) is 0 Å². The Kier molecular flexibility index (Phi) is 14.2. The van der Waals surface area contributed by atoms with E-state index in [9.17, 15) is 0 Å². The molecule has 0 atom stereocenters. The predicted molar refractivity (Wildman–Crippen MR) is 268 cm³/mol. The lowest BCUT2D eigenvalue weighted by atomic mass is 9.93. The van der Waals surface area contributed by atoms with E-state index in [0.29, 0.717) is 0 Å². The third-order valence-electron chi connectivity index (χ3n) is 12.3. The van der Waals surface area contributed by atoms with Gasteiger partial charge in [0.1, 0.15) is 0 Å². The van der Waals surface area contributed by atoms with Gasteiger partial charge in [0, 0.05) is 103 Å². The fraction of sp³-hybridized carbons (Fsp3) is 0.138. The normalized spacial score (nSPS) is 11.0. The van der Waals surface area contributed by atoms with Crippen molar-refractivity contribution >= 4 is 45.3 Å². The molecule has 0 unspecified atom stereocenters. The van der Waals surface area contributed by atoms with Crippen LogP contribution in [0.15, 0.2) is 182 Å². The minimum atomic E-state index is 0. The number of hydrogen-bond acceptors (Lipinski definition) is 4. The second kappa shape index (κ2) is 20.0. The van der Waals surface area contributed by atoms with Crippen LogP contribution in [0.25, 0.3) is 33.4 Å². The number of benzene rings is 8. The van der Waals surface area contributed by atoms with Crippen molar-refractivity contribution in [2.75, 3.05) is 76.0 Å². The molecule has 0 aromatic heterocycles. The molecule has 6 nitrogen and oxygen atoms in total. The summed E-state index contributed by atoms with van der Waals surface area (Å²) in [4.78, 5) is 15.6. The molecule has 332 valence electrons. The Morgan fingerprint density at radius 1 is 0.303 bits per heavy atom. The molecule has 10 rings (SSSR count). The maximum absolute atomic E-state index is 3.54. The molecule has 0 saturated carbocycles. The fourth-order valence-electron chi connectivity index (χ4n) is 8.71. The van der Waals surface area contributed by atoms with E-state index in [1.165, 1.54) is 111 Å². The van der Waals surface area contributed by atoms with Gasteiger partial charge in [-0.25, -0.2) is 9.98 Å². The summed E-state index contributed by atoms with van der Waals surface area (Å²) in [6.07, 6.45) is 0. The van der Waals surface area contributed by atoms with E-state index in [2.05, 4.69) is 268 Å². The van der Waals surface area contributed by atoms with E-state index in [0.717, 1.165) is 0 Å². The molecular formula is C58H56Cl2N6. The first-order valence-electron chi connectivity index (χ1n) is 21.9. The first kappa shape index (κ1) is 46.9. The number of nitrogens with one attached hydrogen (secondary N) is 2. The van der Waals surface area contributed by atoms with Crippen molar-refractivity contribution in [2.24, 2.45) is 0 Å². The zero-order valence-corrected chi connectivity index (χ0v) is 40.4. The number of para-hydroxylation sites is 2. The van der Waals surface area contributed by atoms with E-state index < -0.39 is 0 Å². The average molecular weight is 908 g/mol. The molecule has 0 radical (unpaired) electrons. The maximum atomic E-state index is 3.54. The van der Waals surface area contributed by atoms with Gasteiger partial charge >= 0.3 is 0 Å². The van der Waals surface area contributed by atoms with Crippen molar-refractivity contribution in [1.29, 1.82) is 0 Å². The van der Waals surface area contributed by atoms with Gasteiger partial charge in [0.05, 0.1) is 22.3 Å². The molecule has 2 N–H and O–H groups in total. The van der Waals surface area contributed by atoms with Gasteiger partial charge in [-0.3, -0.25) is 0 Å². The van der Waals surface area contributed by atoms with Crippen molar-refractivity contribution in [3.63, 3.8) is 0 Å². The minimum absolute atomic E-state index is 0. The molecule has 8 aromatic rings. The molecule has 0 saturated heterocycles. The first-order valence-corrected chi connectivity index (χ1v) is 21.9. The van der Waals surface area contributed by atoms with Crippen LogP contribution in [-0.2, 0) is 0 Å². The number of halogens is 2. The van der Waals surface area contributed by atoms with Gasteiger partial charge in [-0.2, -0.15) is 0 Å². The topological polar surface area (TPSA) is 40.9 Å². The third kappa shape index (κ3) is 9.48. The standard InChI is InChI=1S/2C29H27N3.2ClH/c2*1-31(2)23-14-9-20(10-15-23)29(21-11-16-24(17-12-21)32(3)4)22-13-18-28-26(19-22)25-7-5-6-8-27(25)30-28;;/h2*5-19H,1-4H3;2*1H. The summed E-state index contributed by atoms with van der Waals surface area (Å²) in [5, 5.41) is 4.77. The molecule has 66 heavy (non-hydrogen) atoms. The predicted octanol–water partition coefficient (Wildman–Crippen LogP) is 0.164. The largest absolute Gasteiger partial charge is 1.00 e. The zero-order chi connectivity index (χ0) is 44.5. The second-order valence-corrected chi connectivity index (χ2v) is 17.4. The average Bonchev–Trinajstić information content (AvgIpc) is 3.88. The molecule has 0 amide bonds. The van der Waals surface area contributed by atoms with E-state index >= 15 is 0 Å². The van der Waals surface area contributed by atoms with Crippen molar-refractivity contribution in [3.05, 3.63) is 225 Å². The molecule has 2 heterocycles. The highest BCUT2D eigenvalue weighted by Gasteiger charge is 2.21. The van der Waals surface area contributed by atoms with Gasteiger partial charge in [0.2, 0.25) is 22.1 Å². The van der Waals surface area contributed by atoms with Crippen LogP contribution < -0.4 is 75.6 Å². The summed E-state index contributed by atoms with van der Waals surface area (Å²) in [5.74, 6) is 0. The number of fused-ring (bicyclic) bond motifs is 6. The van der Waals surface area contributed by atoms with Gasteiger partial charge in [0.15, 0.2) is 0 Å². The molecule has 0 aliphatic carbocycles. The molecule has 0 spiro atoms. The third-order valence-corrected chi connectivity index (χ3v) is 12.3. The lowest BCUT2D eigenvalue weighted by molar-refractivity contribution is -0.397. The second-order valence-electron chi connectivity index (χ2n) is 17.4. The van der Waals surface area contributed by atoms with Crippen LogP contribution in [0.4, 0.5) is 34.1 Å². The molecule has 0 bridgehead atoms. The van der Waals surface area contributed by atoms with Crippen LogP contribution in [0.3, 0.4) is 0 Å². The molecule has 2 aliphatic rings. The molecule has 0 fully saturated rings. The number of anilines is 4. The van der Waals surface area contributed by atoms with E-state index in [1.807, 2.05) is 0 Å². The van der Waals surface area contributed by atoms with Gasteiger partial charge in [-0.15, -0.1) is 0 Å². The van der Waals surface area contributed by atoms with Gasteiger partial charge < -0.3 is 44.4 Å². The highest BCUT2D eigenvalue weighted by molar-refractivity contribution is 5.84. The minimum Gasteiger partial charge on any atom is -1.00 e. The summed E-state index contributed by atoms with van der Waals surface area (Å²) in [6.45, 7) is 0. The van der Waals surface area contributed by atoms with E-state index in [-0.39, 0.29) is 24.8 Å². The number of hydrogen-bond donors (Lipinski definition) is 2. The van der Waals surface area contributed by atoms with Crippen LogP contribution in [0.1, 0.15) is 22.3 Å². The van der Waals surface area contributed by atoms with Crippen LogP contribution in [0, 0.1) is 0 Å². The van der Waals surface area contributed by atoms with Crippen LogP contribution in [-0.4, -0.2) is 56.4 Å². The van der Waals surface area contributed by atoms with Crippen molar-refractivity contribution < 1.29 is 34.8 Å². The monoisotopic (exact) mass is 906 g/mol. The smallest absolute Gasteiger partial charge is 0.212 e. The van der Waals surface area contributed by atoms with Gasteiger partial charge in [-0.1, -0.05) is 72.8 Å². The van der Waals surface area contributed by atoms with Crippen molar-refractivity contribution in [1.82, 2.24) is 0 Å². The Morgan fingerprint density at radius 3 is 0.848 bits per heavy atom. The van der Waals surface area contributed by atoms with Gasteiger partial charge in [0.25, 0.3) is 0 Å². The lowest BCUT2D eigenvalue weighted by Crippen LogP contribution is -3.00. The summed E-state index contributed by atoms with van der Waals surface area (Å²) in [6, 6.07) is 65.8. The van der Waals surface area contributed by atoms with E-state index in [4.69, 9.17) is 0 Å². The van der Waals surface area contributed by atoms with Gasteiger partial charge in [-0.05, 0) is 129 Å². The quantitative estimate of drug-likeness (QED) is 0.229. The molecular weight excluding hydrogens is 852 g/mol. The molecule has 8 heteroatoms. The number of nitrogens with zero attached hydrogens (tertiary/aromatic N) is 4. The highest BCUT2D eigenvalue weighted by atomic mass is 35.5. The Morgan fingerprint density at radius 2 is 0.576 bits per heavy atom. The summed E-state index contributed by atoms with van der Waals surface area (Å²) in [7, 11) is 16.6. The van der Waals surface area contributed by atoms with Crippen LogP contribution in [0.5, 0.6) is 0 Å². The molecule has 8 aromatic carbocycles. The molecule has 2 aliphatic heterocycles. The first-order chi connectivity index (χ1) is 31.0. The van der Waals surface area contributed by atoms with Crippen molar-refractivity contribution in [3.8, 4) is 22.3 Å². The van der Waals surface area contributed by atoms with Crippen LogP contribution in [0.2, 0.25) is 0 Å². The number of rotatable bonds is 8. The SMILES string of the molecule is CN(C)c1ccc(C(c2ccc(N(C)C)cc2)=c2ccc3c(c2)-c2ccccc2[NH+]=3)cc1.CN(C)c1ccc(C(c2ccc(N(C)C)cc2)=c2ccc3c(c2)-c2ccccc2[NH+]=3)cc1.[Cl-].[Cl-]. The Balaban J connectivity index is 0.000000191.